The second-order valence-corrected chi connectivity index (χ2v) is 8.96. The number of aromatic nitrogens is 2. The van der Waals surface area contributed by atoms with E-state index in [1.165, 1.54) is 5.56 Å². The fourth-order valence-electron chi connectivity index (χ4n) is 4.46. The molecule has 1 saturated heterocycles. The maximum Gasteiger partial charge on any atom is 0.329 e. The molecule has 3 aromatic rings. The molecule has 1 N–H and O–H groups in total. The lowest BCUT2D eigenvalue weighted by Gasteiger charge is -2.29. The van der Waals surface area contributed by atoms with E-state index in [0.29, 0.717) is 11.1 Å². The molecule has 2 atom stereocenters. The smallest absolute Gasteiger partial charge is 0.329 e. The number of hydrogen-bond donors (Lipinski definition) is 1. The Morgan fingerprint density at radius 1 is 1.12 bits per heavy atom. The molecule has 8 heteroatoms. The Labute approximate surface area is 185 Å². The molecule has 1 fully saturated rings. The number of carbonyl (C=O) groups excluding carboxylic acids is 1. The highest BCUT2D eigenvalue weighted by molar-refractivity contribution is 5.80. The first kappa shape index (κ1) is 21.9. The Kier molecular flexibility index (Phi) is 5.71. The van der Waals surface area contributed by atoms with Crippen molar-refractivity contribution in [2.24, 2.45) is 5.92 Å². The summed E-state index contributed by atoms with van der Waals surface area (Å²) in [6, 6.07) is 9.79. The lowest BCUT2D eigenvalue weighted by atomic mass is 9.99. The fourth-order valence-corrected chi connectivity index (χ4v) is 4.46. The average Bonchev–Trinajstić information content (AvgIpc) is 3.33. The van der Waals surface area contributed by atoms with E-state index in [4.69, 9.17) is 0 Å². The molecule has 2 aliphatic rings. The Bertz CT molecular complexity index is 1320. The van der Waals surface area contributed by atoms with Crippen LogP contribution in [0.3, 0.4) is 0 Å². The molecule has 6 nitrogen and oxygen atoms in total. The number of halogens is 2. The molecule has 1 aliphatic carbocycles. The average molecular weight is 443 g/mol. The summed E-state index contributed by atoms with van der Waals surface area (Å²) in [5.74, 6) is -1.86. The number of fused-ring (bicyclic) bond motifs is 6. The van der Waals surface area contributed by atoms with Gasteiger partial charge in [0, 0.05) is 13.9 Å². The molecule has 5 rings (SSSR count). The lowest BCUT2D eigenvalue weighted by Crippen LogP contribution is -2.43. The summed E-state index contributed by atoms with van der Waals surface area (Å²) in [6.07, 6.45) is 0.813. The van der Waals surface area contributed by atoms with E-state index in [9.17, 15) is 23.2 Å². The number of amides is 1. The number of benzene rings is 2. The number of aromatic amines is 1. The summed E-state index contributed by atoms with van der Waals surface area (Å²) >= 11 is 0. The second kappa shape index (κ2) is 8.33. The van der Waals surface area contributed by atoms with E-state index < -0.39 is 40.7 Å². The SMILES string of the molecule is CC(C)C.O=C(Cn1c(=O)[nH]c2ccc(F)c(F)c2c1=O)N1C[C@H]2CC1c1ccccc12.[HH]. The molecule has 0 saturated carbocycles. The van der Waals surface area contributed by atoms with Crippen molar-refractivity contribution in [2.45, 2.75) is 45.7 Å². The van der Waals surface area contributed by atoms with Crippen molar-refractivity contribution in [2.75, 3.05) is 6.54 Å². The summed E-state index contributed by atoms with van der Waals surface area (Å²) in [6.45, 7) is 6.50. The zero-order chi connectivity index (χ0) is 23.2. The van der Waals surface area contributed by atoms with Crippen LogP contribution in [0.4, 0.5) is 8.78 Å². The molecule has 2 heterocycles. The molecule has 1 amide bonds. The van der Waals surface area contributed by atoms with E-state index in [1.54, 1.807) is 4.90 Å². The maximum absolute atomic E-state index is 14.1. The molecule has 1 aliphatic heterocycles. The summed E-state index contributed by atoms with van der Waals surface area (Å²) in [5, 5.41) is -0.569. The third-order valence-corrected chi connectivity index (χ3v) is 5.75. The van der Waals surface area contributed by atoms with Gasteiger partial charge in [0.25, 0.3) is 5.56 Å². The van der Waals surface area contributed by atoms with Gasteiger partial charge in [0.05, 0.1) is 11.6 Å². The number of carbonyl (C=O) groups is 1. The molecule has 1 aromatic heterocycles. The molecule has 0 spiro atoms. The van der Waals surface area contributed by atoms with Crippen molar-refractivity contribution in [1.82, 2.24) is 14.5 Å². The van der Waals surface area contributed by atoms with E-state index >= 15 is 0 Å². The van der Waals surface area contributed by atoms with Crippen LogP contribution in [0.1, 0.15) is 51.7 Å². The quantitative estimate of drug-likeness (QED) is 0.652. The number of nitrogens with zero attached hydrogens (tertiary/aromatic N) is 2. The highest BCUT2D eigenvalue weighted by atomic mass is 19.2. The summed E-state index contributed by atoms with van der Waals surface area (Å²) in [4.78, 5) is 41.7. The zero-order valence-corrected chi connectivity index (χ0v) is 18.2. The standard InChI is InChI=1S/C20H15F2N3O3.C4H10.H2/c21-13-5-6-14-17(18(13)22)19(27)25(20(28)23-14)9-16(26)24-8-10-7-15(24)12-4-2-1-3-11(10)12;1-4(2)3;/h1-6,10,15H,7-9H2,(H,23,28);4H,1-3H3;1H/t10-,15?;;/m1../s1. The van der Waals surface area contributed by atoms with Crippen LogP contribution in [-0.4, -0.2) is 26.9 Å². The van der Waals surface area contributed by atoms with Gasteiger partial charge in [0.15, 0.2) is 11.6 Å². The number of H-pyrrole nitrogens is 1. The monoisotopic (exact) mass is 443 g/mol. The largest absolute Gasteiger partial charge is 0.333 e. The number of likely N-dealkylation sites (tertiary alicyclic amines) is 1. The maximum atomic E-state index is 14.1. The number of nitrogens with one attached hydrogen (secondary N) is 1. The van der Waals surface area contributed by atoms with Crippen LogP contribution in [0.5, 0.6) is 0 Å². The van der Waals surface area contributed by atoms with Gasteiger partial charge in [-0.05, 0) is 35.6 Å². The highest BCUT2D eigenvalue weighted by Gasteiger charge is 2.44. The Morgan fingerprint density at radius 3 is 2.47 bits per heavy atom. The minimum absolute atomic E-state index is 0. The third-order valence-electron chi connectivity index (χ3n) is 5.75. The van der Waals surface area contributed by atoms with Gasteiger partial charge >= 0.3 is 5.69 Å². The number of rotatable bonds is 2. The Hall–Kier alpha value is -3.29. The first-order valence-electron chi connectivity index (χ1n) is 10.7. The minimum atomic E-state index is -1.34. The first-order valence-corrected chi connectivity index (χ1v) is 10.7. The first-order chi connectivity index (χ1) is 15.2. The van der Waals surface area contributed by atoms with Gasteiger partial charge in [-0.1, -0.05) is 45.0 Å². The fraction of sp³-hybridized carbons (Fsp3) is 0.375. The van der Waals surface area contributed by atoms with Gasteiger partial charge < -0.3 is 9.88 Å². The second-order valence-electron chi connectivity index (χ2n) is 8.96. The van der Waals surface area contributed by atoms with Crippen LogP contribution in [0.15, 0.2) is 46.0 Å². The Balaban J connectivity index is 0.000000569. The molecular formula is C24H27F2N3O3. The van der Waals surface area contributed by atoms with Crippen molar-refractivity contribution in [3.05, 3.63) is 80.0 Å². The van der Waals surface area contributed by atoms with Crippen LogP contribution < -0.4 is 11.2 Å². The molecule has 2 aromatic carbocycles. The highest BCUT2D eigenvalue weighted by Crippen LogP contribution is 2.49. The van der Waals surface area contributed by atoms with Gasteiger partial charge in [-0.3, -0.25) is 14.2 Å². The molecule has 1 unspecified atom stereocenters. The molecule has 2 bridgehead atoms. The van der Waals surface area contributed by atoms with Crippen molar-refractivity contribution in [1.29, 1.82) is 0 Å². The van der Waals surface area contributed by atoms with E-state index in [-0.39, 0.29) is 18.9 Å². The van der Waals surface area contributed by atoms with Crippen LogP contribution in [0.2, 0.25) is 0 Å². The number of hydrogen-bond acceptors (Lipinski definition) is 3. The Morgan fingerprint density at radius 2 is 1.78 bits per heavy atom. The third kappa shape index (κ3) is 3.74. The van der Waals surface area contributed by atoms with E-state index in [1.807, 2.05) is 18.2 Å². The van der Waals surface area contributed by atoms with Gasteiger partial charge in [0.2, 0.25) is 5.91 Å². The van der Waals surface area contributed by atoms with E-state index in [2.05, 4.69) is 31.8 Å². The predicted octanol–water partition coefficient (Wildman–Crippen LogP) is 3.95. The van der Waals surface area contributed by atoms with Crippen molar-refractivity contribution >= 4 is 16.8 Å². The normalized spacial score (nSPS) is 18.6. The van der Waals surface area contributed by atoms with Crippen LogP contribution in [0, 0.1) is 17.6 Å². The zero-order valence-electron chi connectivity index (χ0n) is 18.2. The minimum Gasteiger partial charge on any atom is -0.333 e. The van der Waals surface area contributed by atoms with Crippen molar-refractivity contribution in [3.8, 4) is 0 Å². The van der Waals surface area contributed by atoms with Gasteiger partial charge in [-0.2, -0.15) is 0 Å². The molecule has 170 valence electrons. The van der Waals surface area contributed by atoms with Gasteiger partial charge in [0.1, 0.15) is 11.9 Å². The van der Waals surface area contributed by atoms with Crippen LogP contribution in [0.25, 0.3) is 10.9 Å². The van der Waals surface area contributed by atoms with Crippen molar-refractivity contribution < 1.29 is 15.0 Å². The van der Waals surface area contributed by atoms with Gasteiger partial charge in [-0.25, -0.2) is 13.6 Å². The molecule has 0 radical (unpaired) electrons. The van der Waals surface area contributed by atoms with Gasteiger partial charge in [-0.15, -0.1) is 0 Å². The van der Waals surface area contributed by atoms with Crippen molar-refractivity contribution in [3.63, 3.8) is 0 Å². The van der Waals surface area contributed by atoms with E-state index in [0.717, 1.165) is 30.0 Å². The molecular weight excluding hydrogens is 416 g/mol. The summed E-state index contributed by atoms with van der Waals surface area (Å²) in [7, 11) is 0. The lowest BCUT2D eigenvalue weighted by molar-refractivity contribution is -0.133. The predicted molar refractivity (Wildman–Crippen MR) is 120 cm³/mol. The van der Waals surface area contributed by atoms with Crippen LogP contribution >= 0.6 is 0 Å². The summed E-state index contributed by atoms with van der Waals surface area (Å²) in [5.41, 5.74) is 0.358. The topological polar surface area (TPSA) is 75.2 Å². The van der Waals surface area contributed by atoms with Crippen LogP contribution in [-0.2, 0) is 11.3 Å². The summed E-state index contributed by atoms with van der Waals surface area (Å²) < 4.78 is 28.2. The molecule has 32 heavy (non-hydrogen) atoms.